The summed E-state index contributed by atoms with van der Waals surface area (Å²) in [5.41, 5.74) is 4.59. The summed E-state index contributed by atoms with van der Waals surface area (Å²) in [7, 11) is 0. The highest BCUT2D eigenvalue weighted by Crippen LogP contribution is 2.29. The van der Waals surface area contributed by atoms with E-state index in [1.807, 2.05) is 71.3 Å². The van der Waals surface area contributed by atoms with Crippen LogP contribution in [0, 0.1) is 12.3 Å². The van der Waals surface area contributed by atoms with E-state index >= 15 is 0 Å². The first-order valence-corrected chi connectivity index (χ1v) is 12.3. The van der Waals surface area contributed by atoms with Gasteiger partial charge in [0.15, 0.2) is 0 Å². The number of amides is 2. The zero-order valence-electron chi connectivity index (χ0n) is 20.1. The quantitative estimate of drug-likeness (QED) is 0.655. The standard InChI is InChI=1S/C23H31N3O3S.C2H6/c1-15-21(30-14-24-15)17-9-7-16(8-10-17)18(13-27)25-22(29)19-6-5-11-26(19)20(28)12-23(2,3)4;1-2/h7-10,14,18-19,27H,5-6,11-13H2,1-4H3,(H,25,29);1-2H3. The summed E-state index contributed by atoms with van der Waals surface area (Å²) >= 11 is 1.59. The van der Waals surface area contributed by atoms with Gasteiger partial charge >= 0.3 is 0 Å². The van der Waals surface area contributed by atoms with E-state index in [-0.39, 0.29) is 23.8 Å². The molecule has 0 bridgehead atoms. The first-order chi connectivity index (χ1) is 15.2. The molecule has 1 aromatic carbocycles. The van der Waals surface area contributed by atoms with Gasteiger partial charge in [0.25, 0.3) is 0 Å². The molecule has 1 aliphatic heterocycles. The van der Waals surface area contributed by atoms with Crippen molar-refractivity contribution in [1.82, 2.24) is 15.2 Å². The molecule has 32 heavy (non-hydrogen) atoms. The number of aliphatic hydroxyl groups excluding tert-OH is 1. The lowest BCUT2D eigenvalue weighted by Gasteiger charge is -2.28. The molecule has 2 amide bonds. The molecule has 7 heteroatoms. The fraction of sp³-hybridized carbons (Fsp3) is 0.560. The summed E-state index contributed by atoms with van der Waals surface area (Å²) in [5, 5.41) is 12.8. The maximum absolute atomic E-state index is 12.9. The molecule has 6 nitrogen and oxygen atoms in total. The Morgan fingerprint density at radius 2 is 1.91 bits per heavy atom. The number of thiazole rings is 1. The highest BCUT2D eigenvalue weighted by atomic mass is 32.1. The van der Waals surface area contributed by atoms with E-state index in [1.165, 1.54) is 0 Å². The molecule has 3 rings (SSSR count). The number of nitrogens with zero attached hydrogens (tertiary/aromatic N) is 2. The molecule has 1 aromatic heterocycles. The molecule has 0 spiro atoms. The van der Waals surface area contributed by atoms with Gasteiger partial charge in [-0.3, -0.25) is 9.59 Å². The van der Waals surface area contributed by atoms with Crippen LogP contribution >= 0.6 is 11.3 Å². The number of likely N-dealkylation sites (tertiary alicyclic amines) is 1. The third kappa shape index (κ3) is 6.62. The highest BCUT2D eigenvalue weighted by molar-refractivity contribution is 7.13. The Bertz CT molecular complexity index is 887. The van der Waals surface area contributed by atoms with Crippen LogP contribution < -0.4 is 5.32 Å². The summed E-state index contributed by atoms with van der Waals surface area (Å²) in [6.07, 6.45) is 1.89. The van der Waals surface area contributed by atoms with E-state index in [1.54, 1.807) is 16.2 Å². The zero-order valence-corrected chi connectivity index (χ0v) is 21.0. The molecule has 2 N–H and O–H groups in total. The number of hydrogen-bond donors (Lipinski definition) is 2. The van der Waals surface area contributed by atoms with Crippen molar-refractivity contribution in [2.24, 2.45) is 5.41 Å². The number of benzene rings is 1. The van der Waals surface area contributed by atoms with Crippen molar-refractivity contribution >= 4 is 23.2 Å². The molecule has 2 atom stereocenters. The molecule has 1 fully saturated rings. The van der Waals surface area contributed by atoms with Gasteiger partial charge in [-0.05, 0) is 36.3 Å². The topological polar surface area (TPSA) is 82.5 Å². The van der Waals surface area contributed by atoms with Crippen LogP contribution in [-0.2, 0) is 9.59 Å². The van der Waals surface area contributed by atoms with Gasteiger partial charge in [0, 0.05) is 13.0 Å². The smallest absolute Gasteiger partial charge is 0.243 e. The second kappa shape index (κ2) is 11.6. The van der Waals surface area contributed by atoms with Crippen molar-refractivity contribution in [1.29, 1.82) is 0 Å². The second-order valence-electron chi connectivity index (χ2n) is 9.12. The van der Waals surface area contributed by atoms with Crippen LogP contribution in [0.1, 0.15) is 71.2 Å². The van der Waals surface area contributed by atoms with Crippen molar-refractivity contribution in [2.45, 2.75) is 72.9 Å². The fourth-order valence-electron chi connectivity index (χ4n) is 3.84. The molecule has 0 saturated carbocycles. The van der Waals surface area contributed by atoms with Gasteiger partial charge in [-0.15, -0.1) is 11.3 Å². The summed E-state index contributed by atoms with van der Waals surface area (Å²) in [5.74, 6) is -0.179. The normalized spacial score (nSPS) is 16.8. The molecule has 2 aromatic rings. The van der Waals surface area contributed by atoms with Gasteiger partial charge in [-0.25, -0.2) is 4.98 Å². The van der Waals surface area contributed by atoms with Crippen molar-refractivity contribution < 1.29 is 14.7 Å². The first-order valence-electron chi connectivity index (χ1n) is 11.4. The van der Waals surface area contributed by atoms with Gasteiger partial charge in [-0.1, -0.05) is 58.9 Å². The molecule has 2 heterocycles. The van der Waals surface area contributed by atoms with Crippen LogP contribution in [0.2, 0.25) is 0 Å². The number of hydrogen-bond acceptors (Lipinski definition) is 5. The number of aryl methyl sites for hydroxylation is 1. The van der Waals surface area contributed by atoms with E-state index < -0.39 is 12.1 Å². The Hall–Kier alpha value is -2.25. The van der Waals surface area contributed by atoms with Crippen LogP contribution in [0.15, 0.2) is 29.8 Å². The van der Waals surface area contributed by atoms with Crippen molar-refractivity contribution in [3.63, 3.8) is 0 Å². The van der Waals surface area contributed by atoms with Crippen LogP contribution in [0.3, 0.4) is 0 Å². The number of aromatic nitrogens is 1. The van der Waals surface area contributed by atoms with Gasteiger partial charge in [0.05, 0.1) is 28.7 Å². The summed E-state index contributed by atoms with van der Waals surface area (Å²) < 4.78 is 0. The van der Waals surface area contributed by atoms with E-state index in [0.29, 0.717) is 19.4 Å². The number of rotatable bonds is 6. The van der Waals surface area contributed by atoms with Crippen LogP contribution in [0.25, 0.3) is 10.4 Å². The Labute approximate surface area is 196 Å². The molecule has 1 saturated heterocycles. The third-order valence-electron chi connectivity index (χ3n) is 5.38. The minimum Gasteiger partial charge on any atom is -0.394 e. The molecule has 0 radical (unpaired) electrons. The summed E-state index contributed by atoms with van der Waals surface area (Å²) in [6.45, 7) is 12.5. The Morgan fingerprint density at radius 1 is 1.25 bits per heavy atom. The minimum atomic E-state index is -0.505. The highest BCUT2D eigenvalue weighted by Gasteiger charge is 2.36. The Kier molecular flexibility index (Phi) is 9.40. The molecule has 2 unspecified atom stereocenters. The zero-order chi connectivity index (χ0) is 23.9. The maximum Gasteiger partial charge on any atom is 0.243 e. The fourth-order valence-corrected chi connectivity index (χ4v) is 4.65. The summed E-state index contributed by atoms with van der Waals surface area (Å²) in [4.78, 5) is 32.7. The number of aliphatic hydroxyl groups is 1. The lowest BCUT2D eigenvalue weighted by molar-refractivity contribution is -0.140. The van der Waals surface area contributed by atoms with Gasteiger partial charge in [0.2, 0.25) is 11.8 Å². The van der Waals surface area contributed by atoms with E-state index in [4.69, 9.17) is 0 Å². The molecular weight excluding hydrogens is 422 g/mol. The SMILES string of the molecule is CC.Cc1ncsc1-c1ccc(C(CO)NC(=O)C2CCCN2C(=O)CC(C)(C)C)cc1. The first kappa shape index (κ1) is 26.0. The maximum atomic E-state index is 12.9. The van der Waals surface area contributed by atoms with Crippen LogP contribution in [0.4, 0.5) is 0 Å². The molecule has 1 aliphatic rings. The molecule has 176 valence electrons. The van der Waals surface area contributed by atoms with Crippen molar-refractivity contribution in [3.05, 3.63) is 41.0 Å². The van der Waals surface area contributed by atoms with Gasteiger partial charge in [-0.2, -0.15) is 0 Å². The average Bonchev–Trinajstić information content (AvgIpc) is 3.41. The number of nitrogens with one attached hydrogen (secondary N) is 1. The van der Waals surface area contributed by atoms with Crippen molar-refractivity contribution in [3.8, 4) is 10.4 Å². The van der Waals surface area contributed by atoms with Crippen molar-refractivity contribution in [2.75, 3.05) is 13.2 Å². The van der Waals surface area contributed by atoms with Crippen LogP contribution in [0.5, 0.6) is 0 Å². The lowest BCUT2D eigenvalue weighted by Crippen LogP contribution is -2.48. The monoisotopic (exact) mass is 459 g/mol. The predicted molar refractivity (Wildman–Crippen MR) is 130 cm³/mol. The van der Waals surface area contributed by atoms with E-state index in [0.717, 1.165) is 28.1 Å². The van der Waals surface area contributed by atoms with Gasteiger partial charge < -0.3 is 15.3 Å². The largest absolute Gasteiger partial charge is 0.394 e. The molecular formula is C25H37N3O3S. The number of carbonyl (C=O) groups excluding carboxylic acids is 2. The third-order valence-corrected chi connectivity index (χ3v) is 6.35. The van der Waals surface area contributed by atoms with E-state index in [2.05, 4.69) is 10.3 Å². The predicted octanol–water partition coefficient (Wildman–Crippen LogP) is 4.72. The second-order valence-corrected chi connectivity index (χ2v) is 9.97. The Balaban J connectivity index is 0.00000176. The number of carbonyl (C=O) groups is 2. The van der Waals surface area contributed by atoms with Gasteiger partial charge in [0.1, 0.15) is 6.04 Å². The lowest BCUT2D eigenvalue weighted by atomic mass is 9.91. The molecule has 0 aliphatic carbocycles. The van der Waals surface area contributed by atoms with E-state index in [9.17, 15) is 14.7 Å². The Morgan fingerprint density at radius 3 is 2.44 bits per heavy atom. The average molecular weight is 460 g/mol. The van der Waals surface area contributed by atoms with Crippen LogP contribution in [-0.4, -0.2) is 46.0 Å². The summed E-state index contributed by atoms with van der Waals surface area (Å²) in [6, 6.07) is 6.85. The minimum absolute atomic E-state index is 0.0185.